The van der Waals surface area contributed by atoms with Gasteiger partial charge < -0.3 is 5.11 Å². The molecule has 0 unspecified atom stereocenters. The minimum absolute atomic E-state index is 0.105. The van der Waals surface area contributed by atoms with E-state index in [1.54, 1.807) is 48.8 Å². The summed E-state index contributed by atoms with van der Waals surface area (Å²) in [6.45, 7) is -0.105. The van der Waals surface area contributed by atoms with E-state index < -0.39 is 28.9 Å². The highest BCUT2D eigenvalue weighted by molar-refractivity contribution is 8.26. The standard InChI is InChI=1S/C11H10ClNO2S.C11H11NO3S.Cl2OS/c1-16(14,15)10-2-3-11-9(5-10)4-8(6-12)7-13-11;1-16(14,15)10-2-3-11-9(5-10)4-8(7-13)6-12-11;1-4(2)3/h2-5,7H,6H2,1H3;2-6,13H,7H2,1H3;. The summed E-state index contributed by atoms with van der Waals surface area (Å²) in [5.41, 5.74) is 3.02. The van der Waals surface area contributed by atoms with Crippen molar-refractivity contribution >= 4 is 83.7 Å². The highest BCUT2D eigenvalue weighted by atomic mass is 36.0. The number of hydrogen-bond acceptors (Lipinski definition) is 8. The Bertz CT molecular complexity index is 1500. The van der Waals surface area contributed by atoms with Crippen molar-refractivity contribution in [2.24, 2.45) is 0 Å². The van der Waals surface area contributed by atoms with Gasteiger partial charge >= 0.3 is 0 Å². The first kappa shape index (κ1) is 30.4. The zero-order chi connectivity index (χ0) is 27.1. The predicted octanol–water partition coefficient (Wildman–Crippen LogP) is 4.55. The summed E-state index contributed by atoms with van der Waals surface area (Å²) in [6.07, 6.45) is 5.61. The van der Waals surface area contributed by atoms with Crippen LogP contribution in [0.2, 0.25) is 0 Å². The fraction of sp³-hybridized carbons (Fsp3) is 0.182. The van der Waals surface area contributed by atoms with Gasteiger partial charge in [-0.3, -0.25) is 9.97 Å². The highest BCUT2D eigenvalue weighted by Gasteiger charge is 2.09. The van der Waals surface area contributed by atoms with E-state index in [0.29, 0.717) is 21.9 Å². The van der Waals surface area contributed by atoms with Gasteiger partial charge in [-0.2, -0.15) is 0 Å². The summed E-state index contributed by atoms with van der Waals surface area (Å²) in [5.74, 6) is 0.367. The number of nitrogens with zero attached hydrogens (tertiary/aromatic N) is 2. The van der Waals surface area contributed by atoms with E-state index in [1.165, 1.54) is 12.3 Å². The molecule has 0 fully saturated rings. The molecule has 8 nitrogen and oxygen atoms in total. The van der Waals surface area contributed by atoms with Crippen molar-refractivity contribution in [2.45, 2.75) is 22.3 Å². The second-order valence-electron chi connectivity index (χ2n) is 7.42. The van der Waals surface area contributed by atoms with E-state index >= 15 is 0 Å². The molecule has 0 saturated carbocycles. The number of aromatic nitrogens is 2. The van der Waals surface area contributed by atoms with Gasteiger partial charge in [-0.15, -0.1) is 11.6 Å². The van der Waals surface area contributed by atoms with Crippen LogP contribution in [-0.4, -0.2) is 48.6 Å². The normalized spacial score (nSPS) is 11.5. The van der Waals surface area contributed by atoms with Crippen LogP contribution in [0.4, 0.5) is 0 Å². The molecule has 2 heterocycles. The van der Waals surface area contributed by atoms with E-state index in [4.69, 9.17) is 20.9 Å². The fourth-order valence-corrected chi connectivity index (χ4v) is 4.39. The molecule has 0 aliphatic carbocycles. The number of benzene rings is 2. The third kappa shape index (κ3) is 9.22. The summed E-state index contributed by atoms with van der Waals surface area (Å²) >= 11 is 5.70. The topological polar surface area (TPSA) is 131 Å². The quantitative estimate of drug-likeness (QED) is 0.263. The van der Waals surface area contributed by atoms with E-state index in [2.05, 4.69) is 31.3 Å². The maximum absolute atomic E-state index is 11.4. The molecule has 0 saturated heterocycles. The number of hydrogen-bond donors (Lipinski definition) is 1. The molecule has 0 atom stereocenters. The maximum Gasteiger partial charge on any atom is 0.211 e. The first-order chi connectivity index (χ1) is 16.7. The molecule has 4 rings (SSSR count). The average molecular weight is 612 g/mol. The lowest BCUT2D eigenvalue weighted by atomic mass is 10.2. The number of rotatable bonds is 4. The van der Waals surface area contributed by atoms with Gasteiger partial charge in [0.25, 0.3) is 0 Å². The van der Waals surface area contributed by atoms with Gasteiger partial charge in [-0.25, -0.2) is 21.0 Å². The monoisotopic (exact) mass is 610 g/mol. The molecule has 0 aliphatic heterocycles. The molecule has 0 aliphatic rings. The van der Waals surface area contributed by atoms with Crippen LogP contribution in [-0.2, 0) is 41.4 Å². The van der Waals surface area contributed by atoms with Gasteiger partial charge in [0.15, 0.2) is 19.7 Å². The zero-order valence-corrected chi connectivity index (χ0v) is 23.6. The molecule has 2 aromatic heterocycles. The molecule has 0 bridgehead atoms. The summed E-state index contributed by atoms with van der Waals surface area (Å²) in [4.78, 5) is 8.88. The Morgan fingerprint density at radius 2 is 1.17 bits per heavy atom. The largest absolute Gasteiger partial charge is 0.392 e. The molecule has 194 valence electrons. The summed E-state index contributed by atoms with van der Waals surface area (Å²) < 4.78 is 54.6. The lowest BCUT2D eigenvalue weighted by molar-refractivity contribution is 0.281. The molecule has 36 heavy (non-hydrogen) atoms. The Kier molecular flexibility index (Phi) is 11.0. The second kappa shape index (κ2) is 13.1. The highest BCUT2D eigenvalue weighted by Crippen LogP contribution is 2.20. The summed E-state index contributed by atoms with van der Waals surface area (Å²) in [7, 11) is 0.979. The molecular weight excluding hydrogens is 591 g/mol. The molecule has 1 N–H and O–H groups in total. The van der Waals surface area contributed by atoms with Crippen LogP contribution in [0.25, 0.3) is 21.8 Å². The van der Waals surface area contributed by atoms with Crippen LogP contribution in [0, 0.1) is 0 Å². The smallest absolute Gasteiger partial charge is 0.211 e. The Morgan fingerprint density at radius 1 is 0.778 bits per heavy atom. The minimum Gasteiger partial charge on any atom is -0.392 e. The van der Waals surface area contributed by atoms with Crippen molar-refractivity contribution < 1.29 is 26.2 Å². The van der Waals surface area contributed by atoms with Gasteiger partial charge in [0.2, 0.25) is 9.23 Å². The van der Waals surface area contributed by atoms with Gasteiger partial charge in [-0.1, -0.05) is 0 Å². The van der Waals surface area contributed by atoms with Gasteiger partial charge in [0.1, 0.15) is 0 Å². The minimum atomic E-state index is -3.20. The SMILES string of the molecule is CS(=O)(=O)c1ccc2ncc(CCl)cc2c1.CS(=O)(=O)c1ccc2ncc(CO)cc2c1.O=S(Cl)Cl. The average Bonchev–Trinajstić information content (AvgIpc) is 2.81. The van der Waals surface area contributed by atoms with Crippen molar-refractivity contribution in [3.8, 4) is 0 Å². The van der Waals surface area contributed by atoms with Gasteiger partial charge in [0, 0.05) is 62.9 Å². The second-order valence-corrected chi connectivity index (χ2v) is 14.2. The number of sulfone groups is 2. The third-order valence-corrected chi connectivity index (χ3v) is 7.14. The van der Waals surface area contributed by atoms with Crippen LogP contribution in [0.1, 0.15) is 11.1 Å². The van der Waals surface area contributed by atoms with Crippen LogP contribution in [0.3, 0.4) is 0 Å². The van der Waals surface area contributed by atoms with E-state index in [-0.39, 0.29) is 11.5 Å². The fourth-order valence-electron chi connectivity index (χ4n) is 2.93. The van der Waals surface area contributed by atoms with Gasteiger partial charge in [0.05, 0.1) is 27.4 Å². The lowest BCUT2D eigenvalue weighted by Gasteiger charge is -2.02. The predicted molar refractivity (Wildman–Crippen MR) is 145 cm³/mol. The van der Waals surface area contributed by atoms with Crippen LogP contribution >= 0.6 is 33.0 Å². The van der Waals surface area contributed by atoms with Crippen LogP contribution in [0.5, 0.6) is 0 Å². The number of fused-ring (bicyclic) bond motifs is 2. The molecule has 0 spiro atoms. The Morgan fingerprint density at radius 3 is 1.53 bits per heavy atom. The molecule has 0 amide bonds. The zero-order valence-electron chi connectivity index (χ0n) is 18.9. The Balaban J connectivity index is 0.000000221. The van der Waals surface area contributed by atoms with Crippen molar-refractivity contribution in [3.05, 3.63) is 72.1 Å². The van der Waals surface area contributed by atoms with Crippen molar-refractivity contribution in [1.29, 1.82) is 0 Å². The van der Waals surface area contributed by atoms with E-state index in [9.17, 15) is 16.8 Å². The number of alkyl halides is 1. The summed E-state index contributed by atoms with van der Waals surface area (Å²) in [6, 6.07) is 13.2. The van der Waals surface area contributed by atoms with Crippen LogP contribution < -0.4 is 0 Å². The van der Waals surface area contributed by atoms with E-state index in [0.717, 1.165) is 28.1 Å². The molecule has 14 heteroatoms. The number of aliphatic hydroxyl groups excluding tert-OH is 1. The van der Waals surface area contributed by atoms with Crippen molar-refractivity contribution in [2.75, 3.05) is 12.5 Å². The number of pyridine rings is 2. The lowest BCUT2D eigenvalue weighted by Crippen LogP contribution is -1.97. The van der Waals surface area contributed by atoms with E-state index in [1.807, 2.05) is 6.07 Å². The number of aliphatic hydroxyl groups is 1. The Labute approximate surface area is 225 Å². The summed E-state index contributed by atoms with van der Waals surface area (Å²) in [5, 5.41) is 10.5. The first-order valence-electron chi connectivity index (χ1n) is 9.83. The van der Waals surface area contributed by atoms with Gasteiger partial charge in [-0.05, 0) is 59.7 Å². The molecular formula is C22H21Cl3N2O6S3. The molecule has 2 aromatic carbocycles. The van der Waals surface area contributed by atoms with Crippen LogP contribution in [0.15, 0.2) is 70.7 Å². The molecule has 0 radical (unpaired) electrons. The Hall–Kier alpha value is -1.86. The van der Waals surface area contributed by atoms with Crippen molar-refractivity contribution in [1.82, 2.24) is 9.97 Å². The molecule has 4 aromatic rings. The third-order valence-electron chi connectivity index (χ3n) is 4.61. The number of halogens is 3. The first-order valence-corrected chi connectivity index (χ1v) is 16.9. The maximum atomic E-state index is 11.4. The van der Waals surface area contributed by atoms with Crippen molar-refractivity contribution in [3.63, 3.8) is 0 Å².